The average Bonchev–Trinajstić information content (AvgIpc) is 3.95. The van der Waals surface area contributed by atoms with Gasteiger partial charge in [0.25, 0.3) is 6.71 Å². The maximum Gasteiger partial charge on any atom is 0.252 e. The maximum atomic E-state index is 2.79. The van der Waals surface area contributed by atoms with E-state index in [9.17, 15) is 0 Å². The van der Waals surface area contributed by atoms with Gasteiger partial charge in [0, 0.05) is 44.1 Å². The summed E-state index contributed by atoms with van der Waals surface area (Å²) in [5.41, 5.74) is 28.9. The Morgan fingerprint density at radius 2 is 0.914 bits per heavy atom. The standard InChI is InChI=1S/C67H61BN2/c1-63(2,3)40-26-28-44-45-29-27-41(64(4,5)6)35-51(45)67(50(44)34-40)49-30-31-55-57-62(49)70-59-47(32-42(36-52(59)67)65(7,8)9)48-33-43(66(10,11)12)37-54(61(48)70)68(57)53-25-19-24-46-56(38-20-15-13-16-21-38)58(69(55)60(46)53)39-22-17-14-18-23-39/h13-37H,1-12H3. The molecular weight excluding hydrogens is 844 g/mol. The van der Waals surface area contributed by atoms with Crippen LogP contribution >= 0.6 is 0 Å². The van der Waals surface area contributed by atoms with Crippen LogP contribution in [0.3, 0.4) is 0 Å². The number of aromatic nitrogens is 2. The molecule has 1 aliphatic carbocycles. The Morgan fingerprint density at radius 1 is 0.386 bits per heavy atom. The summed E-state index contributed by atoms with van der Waals surface area (Å²) in [4.78, 5) is 0. The van der Waals surface area contributed by atoms with Crippen LogP contribution in [-0.4, -0.2) is 15.8 Å². The fourth-order valence-electron chi connectivity index (χ4n) is 13.6. The molecule has 0 unspecified atom stereocenters. The summed E-state index contributed by atoms with van der Waals surface area (Å²) in [5, 5.41) is 4.04. The lowest BCUT2D eigenvalue weighted by Gasteiger charge is -2.45. The van der Waals surface area contributed by atoms with E-state index >= 15 is 0 Å². The molecular formula is C67H61BN2. The first-order chi connectivity index (χ1) is 33.3. The zero-order chi connectivity index (χ0) is 48.3. The minimum Gasteiger partial charge on any atom is -0.310 e. The van der Waals surface area contributed by atoms with Gasteiger partial charge in [0.2, 0.25) is 0 Å². The third-order valence-electron chi connectivity index (χ3n) is 17.1. The highest BCUT2D eigenvalue weighted by molar-refractivity contribution is 7.00. The molecule has 0 atom stereocenters. The van der Waals surface area contributed by atoms with Gasteiger partial charge in [-0.2, -0.15) is 0 Å². The predicted octanol–water partition coefficient (Wildman–Crippen LogP) is 15.1. The van der Waals surface area contributed by atoms with E-state index in [-0.39, 0.29) is 28.4 Å². The fraction of sp³-hybridized carbons (Fsp3) is 0.254. The molecule has 2 nitrogen and oxygen atoms in total. The van der Waals surface area contributed by atoms with Crippen molar-refractivity contribution >= 4 is 55.8 Å². The molecule has 0 bridgehead atoms. The topological polar surface area (TPSA) is 9.86 Å². The van der Waals surface area contributed by atoms with Crippen LogP contribution in [0.15, 0.2) is 152 Å². The first kappa shape index (κ1) is 42.1. The molecule has 2 aromatic heterocycles. The van der Waals surface area contributed by atoms with Gasteiger partial charge in [-0.3, -0.25) is 0 Å². The van der Waals surface area contributed by atoms with Crippen molar-refractivity contribution in [3.8, 4) is 44.9 Å². The van der Waals surface area contributed by atoms with Crippen molar-refractivity contribution < 1.29 is 0 Å². The minimum absolute atomic E-state index is 0.00718. The van der Waals surface area contributed by atoms with Crippen LogP contribution in [0.5, 0.6) is 0 Å². The number of nitrogens with zero attached hydrogens (tertiary/aromatic N) is 2. The van der Waals surface area contributed by atoms with Crippen LogP contribution in [0.25, 0.3) is 77.6 Å². The second-order valence-electron chi connectivity index (χ2n) is 25.3. The Hall–Kier alpha value is -6.84. The van der Waals surface area contributed by atoms with E-state index in [0.717, 1.165) is 0 Å². The van der Waals surface area contributed by atoms with Crippen molar-refractivity contribution in [1.29, 1.82) is 0 Å². The molecule has 3 aliphatic heterocycles. The molecule has 8 aromatic carbocycles. The number of hydrogen-bond acceptors (Lipinski definition) is 0. The highest BCUT2D eigenvalue weighted by Crippen LogP contribution is 2.63. The maximum absolute atomic E-state index is 2.79. The number of benzene rings is 8. The Balaban J connectivity index is 1.26. The Kier molecular flexibility index (Phi) is 8.00. The van der Waals surface area contributed by atoms with Gasteiger partial charge >= 0.3 is 0 Å². The number of para-hydroxylation sites is 1. The second-order valence-corrected chi connectivity index (χ2v) is 25.3. The van der Waals surface area contributed by atoms with E-state index in [0.29, 0.717) is 0 Å². The molecule has 4 aliphatic rings. The minimum atomic E-state index is -0.600. The molecule has 0 radical (unpaired) electrons. The number of rotatable bonds is 2. The summed E-state index contributed by atoms with van der Waals surface area (Å²) in [6.45, 7) is 28.7. The van der Waals surface area contributed by atoms with Crippen LogP contribution in [0.4, 0.5) is 0 Å². The molecule has 14 rings (SSSR count). The highest BCUT2D eigenvalue weighted by atomic mass is 15.1. The first-order valence-electron chi connectivity index (χ1n) is 25.7. The second kappa shape index (κ2) is 13.3. The van der Waals surface area contributed by atoms with Crippen molar-refractivity contribution in [2.24, 2.45) is 0 Å². The Morgan fingerprint density at radius 3 is 1.50 bits per heavy atom. The molecule has 0 fully saturated rings. The summed E-state index contributed by atoms with van der Waals surface area (Å²) >= 11 is 0. The Bertz CT molecular complexity index is 3900. The van der Waals surface area contributed by atoms with Crippen LogP contribution in [0.1, 0.15) is 128 Å². The predicted molar refractivity (Wildman–Crippen MR) is 299 cm³/mol. The molecule has 70 heavy (non-hydrogen) atoms. The fourth-order valence-corrected chi connectivity index (χ4v) is 13.6. The zero-order valence-electron chi connectivity index (χ0n) is 42.9. The lowest BCUT2D eigenvalue weighted by Crippen LogP contribution is -2.60. The molecule has 0 N–H and O–H groups in total. The quantitative estimate of drug-likeness (QED) is 0.153. The van der Waals surface area contributed by atoms with Crippen molar-refractivity contribution in [3.63, 3.8) is 0 Å². The van der Waals surface area contributed by atoms with Gasteiger partial charge in [-0.15, -0.1) is 0 Å². The van der Waals surface area contributed by atoms with Crippen molar-refractivity contribution in [2.75, 3.05) is 0 Å². The largest absolute Gasteiger partial charge is 0.310 e. The molecule has 0 saturated carbocycles. The molecule has 1 spiro atoms. The SMILES string of the molecule is CC(C)(C)c1ccc2c(c1)C1(c3cc(C(C)(C)C)ccc3-2)c2ccc3c4c2-n2c5c(cc(C(C)(C)C)cc5c5cc(C(C)(C)C)cc1c52)B4c1cccc2c(-c4ccccc4)c(-c4ccccc4)n-3c12. The number of fused-ring (bicyclic) bond motifs is 11. The summed E-state index contributed by atoms with van der Waals surface area (Å²) < 4.78 is 5.47. The average molecular weight is 905 g/mol. The van der Waals surface area contributed by atoms with Crippen LogP contribution in [0, 0.1) is 0 Å². The normalized spacial score (nSPS) is 14.9. The van der Waals surface area contributed by atoms with E-state index < -0.39 is 5.41 Å². The van der Waals surface area contributed by atoms with E-state index in [2.05, 4.69) is 244 Å². The van der Waals surface area contributed by atoms with Gasteiger partial charge in [-0.05, 0) is 123 Å². The monoisotopic (exact) mass is 904 g/mol. The molecule has 3 heteroatoms. The van der Waals surface area contributed by atoms with Gasteiger partial charge in [0.1, 0.15) is 0 Å². The van der Waals surface area contributed by atoms with Crippen LogP contribution in [0.2, 0.25) is 0 Å². The lowest BCUT2D eigenvalue weighted by atomic mass is 9.33. The highest BCUT2D eigenvalue weighted by Gasteiger charge is 2.55. The van der Waals surface area contributed by atoms with Gasteiger partial charge in [0.15, 0.2) is 0 Å². The zero-order valence-corrected chi connectivity index (χ0v) is 42.9. The smallest absolute Gasteiger partial charge is 0.252 e. The van der Waals surface area contributed by atoms with Crippen molar-refractivity contribution in [1.82, 2.24) is 9.13 Å². The molecule has 10 aromatic rings. The van der Waals surface area contributed by atoms with E-state index in [4.69, 9.17) is 0 Å². The third kappa shape index (κ3) is 5.21. The summed E-state index contributed by atoms with van der Waals surface area (Å²) in [7, 11) is 0. The van der Waals surface area contributed by atoms with Gasteiger partial charge in [0.05, 0.1) is 16.6 Å². The van der Waals surface area contributed by atoms with Gasteiger partial charge < -0.3 is 9.13 Å². The molecule has 0 saturated heterocycles. The van der Waals surface area contributed by atoms with E-state index in [1.54, 1.807) is 0 Å². The van der Waals surface area contributed by atoms with Gasteiger partial charge in [-0.25, -0.2) is 0 Å². The lowest BCUT2D eigenvalue weighted by molar-refractivity contribution is 0.583. The van der Waals surface area contributed by atoms with E-state index in [1.807, 2.05) is 0 Å². The summed E-state index contributed by atoms with van der Waals surface area (Å²) in [6.07, 6.45) is 0. The van der Waals surface area contributed by atoms with Crippen molar-refractivity contribution in [2.45, 2.75) is 110 Å². The summed E-state index contributed by atoms with van der Waals surface area (Å²) in [5.74, 6) is 0. The number of hydrogen-bond donors (Lipinski definition) is 0. The van der Waals surface area contributed by atoms with Crippen molar-refractivity contribution in [3.05, 3.63) is 196 Å². The molecule has 342 valence electrons. The molecule has 5 heterocycles. The Labute approximate surface area is 414 Å². The first-order valence-corrected chi connectivity index (χ1v) is 25.7. The third-order valence-corrected chi connectivity index (χ3v) is 17.1. The van der Waals surface area contributed by atoms with Crippen LogP contribution < -0.4 is 16.4 Å². The summed E-state index contributed by atoms with van der Waals surface area (Å²) in [6, 6.07) is 60.1. The molecule has 0 amide bonds. The van der Waals surface area contributed by atoms with E-state index in [1.165, 1.54) is 138 Å². The van der Waals surface area contributed by atoms with Gasteiger partial charge in [-0.1, -0.05) is 217 Å². The van der Waals surface area contributed by atoms with Crippen LogP contribution in [-0.2, 0) is 27.1 Å².